The van der Waals surface area contributed by atoms with E-state index in [0.29, 0.717) is 19.0 Å². The number of ether oxygens (including phenoxy) is 1. The molecule has 0 spiro atoms. The van der Waals surface area contributed by atoms with Gasteiger partial charge in [-0.2, -0.15) is 10.2 Å². The summed E-state index contributed by atoms with van der Waals surface area (Å²) in [6.45, 7) is 7.03. The van der Waals surface area contributed by atoms with E-state index >= 15 is 0 Å². The minimum atomic E-state index is -0.312. The van der Waals surface area contributed by atoms with Crippen molar-refractivity contribution in [2.24, 2.45) is 7.05 Å². The zero-order valence-electron chi connectivity index (χ0n) is 14.3. The Hall–Kier alpha value is -2.35. The number of methoxy groups -OCH3 is 1. The largest absolute Gasteiger partial charge is 0.383 e. The van der Waals surface area contributed by atoms with Crippen LogP contribution < -0.4 is 10.6 Å². The van der Waals surface area contributed by atoms with Crippen LogP contribution in [0.4, 0.5) is 16.3 Å². The van der Waals surface area contributed by atoms with Crippen LogP contribution in [0.5, 0.6) is 0 Å². The summed E-state index contributed by atoms with van der Waals surface area (Å²) in [6.07, 6.45) is 0.821. The molecule has 2 heterocycles. The van der Waals surface area contributed by atoms with Gasteiger partial charge in [0, 0.05) is 20.2 Å². The number of hydrogen-bond donors (Lipinski definition) is 2. The first-order chi connectivity index (χ1) is 11.0. The topological polar surface area (TPSA) is 86.0 Å². The summed E-state index contributed by atoms with van der Waals surface area (Å²) in [4.78, 5) is 12.2. The first-order valence-corrected chi connectivity index (χ1v) is 7.60. The number of aromatic nitrogens is 4. The quantitative estimate of drug-likeness (QED) is 0.853. The summed E-state index contributed by atoms with van der Waals surface area (Å²) < 4.78 is 8.55. The molecule has 0 radical (unpaired) electrons. The van der Waals surface area contributed by atoms with Crippen LogP contribution >= 0.6 is 0 Å². The van der Waals surface area contributed by atoms with Crippen LogP contribution in [0.3, 0.4) is 0 Å². The lowest BCUT2D eigenvalue weighted by atomic mass is 10.3. The predicted molar refractivity (Wildman–Crippen MR) is 88.8 cm³/mol. The molecule has 0 unspecified atom stereocenters. The number of aryl methyl sites for hydroxylation is 3. The number of rotatable bonds is 6. The van der Waals surface area contributed by atoms with Crippen LogP contribution in [0.15, 0.2) is 6.07 Å². The lowest BCUT2D eigenvalue weighted by Gasteiger charge is -2.08. The molecule has 0 fully saturated rings. The number of urea groups is 1. The maximum Gasteiger partial charge on any atom is 0.324 e. The van der Waals surface area contributed by atoms with Gasteiger partial charge >= 0.3 is 6.03 Å². The van der Waals surface area contributed by atoms with Crippen LogP contribution in [-0.2, 0) is 24.8 Å². The Labute approximate surface area is 135 Å². The van der Waals surface area contributed by atoms with Crippen LogP contribution in [0.2, 0.25) is 0 Å². The standard InChI is InChI=1S/C15H24N6O2/c1-6-12-9-13(20(4)19-12)16-15(22)17-14-10(2)18-21(11(14)3)7-8-23-5/h9H,6-8H2,1-5H3,(H2,16,17,22). The van der Waals surface area contributed by atoms with Crippen LogP contribution in [0, 0.1) is 13.8 Å². The van der Waals surface area contributed by atoms with Crippen molar-refractivity contribution in [1.29, 1.82) is 0 Å². The summed E-state index contributed by atoms with van der Waals surface area (Å²) in [5.41, 5.74) is 3.32. The Morgan fingerprint density at radius 2 is 2.04 bits per heavy atom. The fourth-order valence-electron chi connectivity index (χ4n) is 2.35. The van der Waals surface area contributed by atoms with E-state index in [4.69, 9.17) is 4.74 Å². The molecule has 2 N–H and O–H groups in total. The first kappa shape index (κ1) is 17.0. The van der Waals surface area contributed by atoms with E-state index in [1.165, 1.54) is 0 Å². The normalized spacial score (nSPS) is 10.8. The zero-order valence-corrected chi connectivity index (χ0v) is 14.3. The lowest BCUT2D eigenvalue weighted by Crippen LogP contribution is -2.21. The number of hydrogen-bond acceptors (Lipinski definition) is 4. The highest BCUT2D eigenvalue weighted by molar-refractivity contribution is 6.00. The molecule has 0 aliphatic carbocycles. The molecule has 2 rings (SSSR count). The number of amides is 2. The maximum atomic E-state index is 12.2. The van der Waals surface area contributed by atoms with Gasteiger partial charge in [-0.15, -0.1) is 0 Å². The van der Waals surface area contributed by atoms with Crippen molar-refractivity contribution in [3.05, 3.63) is 23.1 Å². The molecular formula is C15H24N6O2. The van der Waals surface area contributed by atoms with Gasteiger partial charge in [0.2, 0.25) is 0 Å². The Morgan fingerprint density at radius 3 is 2.65 bits per heavy atom. The summed E-state index contributed by atoms with van der Waals surface area (Å²) in [5.74, 6) is 0.654. The van der Waals surface area contributed by atoms with Crippen LogP contribution in [0.25, 0.3) is 0 Å². The first-order valence-electron chi connectivity index (χ1n) is 7.60. The second kappa shape index (κ2) is 7.28. The van der Waals surface area contributed by atoms with Gasteiger partial charge in [0.25, 0.3) is 0 Å². The second-order valence-electron chi connectivity index (χ2n) is 5.34. The van der Waals surface area contributed by atoms with E-state index in [2.05, 4.69) is 20.8 Å². The fraction of sp³-hybridized carbons (Fsp3) is 0.533. The van der Waals surface area contributed by atoms with Gasteiger partial charge in [0.05, 0.1) is 35.9 Å². The van der Waals surface area contributed by atoms with Crippen molar-refractivity contribution < 1.29 is 9.53 Å². The molecule has 23 heavy (non-hydrogen) atoms. The molecule has 0 atom stereocenters. The molecule has 8 heteroatoms. The Morgan fingerprint density at radius 1 is 1.30 bits per heavy atom. The molecule has 126 valence electrons. The molecule has 0 aliphatic heterocycles. The van der Waals surface area contributed by atoms with Gasteiger partial charge in [-0.1, -0.05) is 6.92 Å². The van der Waals surface area contributed by atoms with Crippen molar-refractivity contribution >= 4 is 17.5 Å². The van der Waals surface area contributed by atoms with Gasteiger partial charge < -0.3 is 10.1 Å². The average molecular weight is 320 g/mol. The molecule has 2 aromatic rings. The Bertz CT molecular complexity index is 688. The summed E-state index contributed by atoms with van der Waals surface area (Å²) >= 11 is 0. The van der Waals surface area contributed by atoms with E-state index < -0.39 is 0 Å². The van der Waals surface area contributed by atoms with Crippen molar-refractivity contribution in [2.45, 2.75) is 33.7 Å². The third-order valence-electron chi connectivity index (χ3n) is 3.66. The van der Waals surface area contributed by atoms with E-state index in [-0.39, 0.29) is 6.03 Å². The molecule has 2 aromatic heterocycles. The van der Waals surface area contributed by atoms with Crippen molar-refractivity contribution in [3.63, 3.8) is 0 Å². The molecular weight excluding hydrogens is 296 g/mol. The highest BCUT2D eigenvalue weighted by Gasteiger charge is 2.15. The SMILES string of the molecule is CCc1cc(NC(=O)Nc2c(C)nn(CCOC)c2C)n(C)n1. The van der Waals surface area contributed by atoms with E-state index in [1.54, 1.807) is 18.8 Å². The lowest BCUT2D eigenvalue weighted by molar-refractivity contribution is 0.182. The number of carbonyl (C=O) groups is 1. The smallest absolute Gasteiger partial charge is 0.324 e. The number of carbonyl (C=O) groups excluding carboxylic acids is 1. The Kier molecular flexibility index (Phi) is 5.38. The highest BCUT2D eigenvalue weighted by atomic mass is 16.5. The van der Waals surface area contributed by atoms with Crippen molar-refractivity contribution in [2.75, 3.05) is 24.4 Å². The highest BCUT2D eigenvalue weighted by Crippen LogP contribution is 2.20. The van der Waals surface area contributed by atoms with Crippen molar-refractivity contribution in [1.82, 2.24) is 19.6 Å². The minimum Gasteiger partial charge on any atom is -0.383 e. The predicted octanol–water partition coefficient (Wildman–Crippen LogP) is 2.09. The van der Waals surface area contributed by atoms with E-state index in [0.717, 1.165) is 29.2 Å². The fourth-order valence-corrected chi connectivity index (χ4v) is 2.35. The van der Waals surface area contributed by atoms with Gasteiger partial charge in [-0.05, 0) is 20.3 Å². The second-order valence-corrected chi connectivity index (χ2v) is 5.34. The average Bonchev–Trinajstić information content (AvgIpc) is 2.99. The number of nitrogens with one attached hydrogen (secondary N) is 2. The van der Waals surface area contributed by atoms with Crippen molar-refractivity contribution in [3.8, 4) is 0 Å². The Balaban J connectivity index is 2.08. The molecule has 0 bridgehead atoms. The number of nitrogens with zero attached hydrogens (tertiary/aromatic N) is 4. The summed E-state index contributed by atoms with van der Waals surface area (Å²) in [5, 5.41) is 14.4. The molecule has 0 saturated carbocycles. The minimum absolute atomic E-state index is 0.312. The number of anilines is 2. The third-order valence-corrected chi connectivity index (χ3v) is 3.66. The summed E-state index contributed by atoms with van der Waals surface area (Å²) in [7, 11) is 3.45. The maximum absolute atomic E-state index is 12.2. The molecule has 2 amide bonds. The van der Waals surface area contributed by atoms with Crippen LogP contribution in [-0.4, -0.2) is 39.3 Å². The molecule has 8 nitrogen and oxygen atoms in total. The molecule has 0 aliphatic rings. The van der Waals surface area contributed by atoms with Gasteiger partial charge in [-0.3, -0.25) is 14.7 Å². The summed E-state index contributed by atoms with van der Waals surface area (Å²) in [6, 6.07) is 1.55. The monoisotopic (exact) mass is 320 g/mol. The molecule has 0 aromatic carbocycles. The van der Waals surface area contributed by atoms with E-state index in [9.17, 15) is 4.79 Å². The van der Waals surface area contributed by atoms with Gasteiger partial charge in [0.1, 0.15) is 5.82 Å². The van der Waals surface area contributed by atoms with E-state index in [1.807, 2.05) is 31.5 Å². The van der Waals surface area contributed by atoms with Crippen LogP contribution in [0.1, 0.15) is 24.0 Å². The van der Waals surface area contributed by atoms with Gasteiger partial charge in [-0.25, -0.2) is 4.79 Å². The van der Waals surface area contributed by atoms with Gasteiger partial charge in [0.15, 0.2) is 0 Å². The molecule has 0 saturated heterocycles. The zero-order chi connectivity index (χ0) is 17.0. The third kappa shape index (κ3) is 3.89.